The summed E-state index contributed by atoms with van der Waals surface area (Å²) in [5, 5.41) is 3.20. The smallest absolute Gasteiger partial charge is 0.368 e. The molecule has 2 aliphatic heterocycles. The molecule has 0 unspecified atom stereocenters. The quantitative estimate of drug-likeness (QED) is 0.545. The first kappa shape index (κ1) is 20.8. The van der Waals surface area contributed by atoms with Gasteiger partial charge in [0.2, 0.25) is 0 Å². The molecule has 0 atom stereocenters. The molecule has 2 fully saturated rings. The maximum Gasteiger partial charge on any atom is 0.446 e. The summed E-state index contributed by atoms with van der Waals surface area (Å²) in [5.74, 6) is 0.371. The van der Waals surface area contributed by atoms with Crippen LogP contribution in [0, 0.1) is 0 Å². The van der Waals surface area contributed by atoms with Crippen molar-refractivity contribution >= 4 is 35.2 Å². The van der Waals surface area contributed by atoms with Crippen molar-refractivity contribution < 1.29 is 22.8 Å². The molecule has 3 amide bonds. The summed E-state index contributed by atoms with van der Waals surface area (Å²) in [7, 11) is 0. The zero-order valence-corrected chi connectivity index (χ0v) is 17.5. The Morgan fingerprint density at radius 1 is 1.12 bits per heavy atom. The van der Waals surface area contributed by atoms with Crippen LogP contribution in [0.2, 0.25) is 0 Å². The highest BCUT2D eigenvalue weighted by molar-refractivity contribution is 8.00. The maximum atomic E-state index is 13.3. The van der Waals surface area contributed by atoms with Crippen molar-refractivity contribution in [1.82, 2.24) is 15.2 Å². The van der Waals surface area contributed by atoms with Crippen LogP contribution in [0.3, 0.4) is 0 Å². The molecule has 11 heteroatoms. The van der Waals surface area contributed by atoms with Gasteiger partial charge in [0.05, 0.1) is 12.2 Å². The molecule has 2 aromatic rings. The molecule has 1 aromatic heterocycles. The number of amides is 3. The predicted molar refractivity (Wildman–Crippen MR) is 112 cm³/mol. The molecule has 1 aromatic carbocycles. The van der Waals surface area contributed by atoms with E-state index < -0.39 is 17.1 Å². The number of anilines is 1. The number of rotatable bonds is 5. The van der Waals surface area contributed by atoms with Crippen LogP contribution in [0.25, 0.3) is 0 Å². The molecule has 1 saturated carbocycles. The summed E-state index contributed by atoms with van der Waals surface area (Å²) < 4.78 is 37.8. The number of hydrogen-bond acceptors (Lipinski definition) is 6. The minimum atomic E-state index is -4.41. The van der Waals surface area contributed by atoms with Gasteiger partial charge in [-0.2, -0.15) is 13.2 Å². The van der Waals surface area contributed by atoms with Crippen LogP contribution in [0.15, 0.2) is 52.6 Å². The van der Waals surface area contributed by atoms with Gasteiger partial charge in [-0.25, -0.2) is 9.69 Å². The summed E-state index contributed by atoms with van der Waals surface area (Å²) in [6.07, 6.45) is 4.42. The van der Waals surface area contributed by atoms with Crippen LogP contribution in [0.4, 0.5) is 23.7 Å². The highest BCUT2D eigenvalue weighted by atomic mass is 32.2. The minimum absolute atomic E-state index is 0.00963. The number of halogens is 3. The highest BCUT2D eigenvalue weighted by Crippen LogP contribution is 2.50. The van der Waals surface area contributed by atoms with Gasteiger partial charge in [-0.15, -0.1) is 0 Å². The summed E-state index contributed by atoms with van der Waals surface area (Å²) in [4.78, 5) is 37.7. The molecule has 1 spiro atoms. The fraction of sp³-hybridized carbons (Fsp3) is 0.333. The van der Waals surface area contributed by atoms with Gasteiger partial charge in [-0.1, -0.05) is 0 Å². The fourth-order valence-electron chi connectivity index (χ4n) is 4.08. The Morgan fingerprint density at radius 3 is 2.50 bits per heavy atom. The van der Waals surface area contributed by atoms with Crippen molar-refractivity contribution in [3.8, 4) is 0 Å². The number of thioether (sulfide) groups is 1. The average molecular weight is 461 g/mol. The number of carbonyl (C=O) groups is 2. The number of hydrogen-bond donors (Lipinski definition) is 1. The highest BCUT2D eigenvalue weighted by Gasteiger charge is 2.65. The van der Waals surface area contributed by atoms with Crippen molar-refractivity contribution in [1.29, 1.82) is 0 Å². The van der Waals surface area contributed by atoms with Crippen LogP contribution in [-0.4, -0.2) is 51.8 Å². The lowest BCUT2D eigenvalue weighted by Crippen LogP contribution is -2.37. The van der Waals surface area contributed by atoms with E-state index >= 15 is 0 Å². The number of benzene rings is 1. The van der Waals surface area contributed by atoms with Crippen molar-refractivity contribution in [2.24, 2.45) is 4.99 Å². The third-order valence-electron chi connectivity index (χ3n) is 5.76. The second kappa shape index (κ2) is 7.51. The lowest BCUT2D eigenvalue weighted by Gasteiger charge is -2.22. The van der Waals surface area contributed by atoms with E-state index in [2.05, 4.69) is 15.3 Å². The van der Waals surface area contributed by atoms with E-state index in [9.17, 15) is 22.8 Å². The first-order valence-corrected chi connectivity index (χ1v) is 10.8. The van der Waals surface area contributed by atoms with E-state index in [0.29, 0.717) is 25.2 Å². The predicted octanol–water partition coefficient (Wildman–Crippen LogP) is 3.54. The number of pyridine rings is 1. The van der Waals surface area contributed by atoms with Gasteiger partial charge < -0.3 is 10.2 Å². The van der Waals surface area contributed by atoms with E-state index in [1.54, 1.807) is 23.4 Å². The molecule has 0 radical (unpaired) electrons. The molecular formula is C21H18F3N5O2S. The number of aliphatic imine (C=N–C) groups is 1. The molecule has 1 aliphatic carbocycles. The van der Waals surface area contributed by atoms with Crippen molar-refractivity contribution in [3.63, 3.8) is 0 Å². The molecule has 1 saturated heterocycles. The Labute approximate surface area is 185 Å². The van der Waals surface area contributed by atoms with Gasteiger partial charge >= 0.3 is 11.5 Å². The topological polar surface area (TPSA) is 77.9 Å². The minimum Gasteiger partial charge on any atom is -0.368 e. The lowest BCUT2D eigenvalue weighted by molar-refractivity contribution is -0.120. The van der Waals surface area contributed by atoms with Gasteiger partial charge in [0, 0.05) is 35.9 Å². The third-order valence-corrected chi connectivity index (χ3v) is 6.50. The monoisotopic (exact) mass is 461 g/mol. The van der Waals surface area contributed by atoms with Gasteiger partial charge in [0.15, 0.2) is 0 Å². The van der Waals surface area contributed by atoms with E-state index in [-0.39, 0.29) is 34.8 Å². The first-order chi connectivity index (χ1) is 15.3. The molecule has 3 heterocycles. The summed E-state index contributed by atoms with van der Waals surface area (Å²) >= 11 is -0.240. The molecule has 166 valence electrons. The van der Waals surface area contributed by atoms with Gasteiger partial charge in [-0.05, 0) is 60.5 Å². The Morgan fingerprint density at radius 2 is 1.88 bits per heavy atom. The number of aromatic nitrogens is 1. The lowest BCUT2D eigenvalue weighted by atomic mass is 10.1. The van der Waals surface area contributed by atoms with Crippen molar-refractivity contribution in [3.05, 3.63) is 53.9 Å². The van der Waals surface area contributed by atoms with E-state index in [1.807, 2.05) is 0 Å². The van der Waals surface area contributed by atoms with Gasteiger partial charge in [0.1, 0.15) is 11.4 Å². The van der Waals surface area contributed by atoms with Gasteiger partial charge in [0.25, 0.3) is 5.91 Å². The number of nitrogens with zero attached hydrogens (tertiary/aromatic N) is 4. The van der Waals surface area contributed by atoms with Crippen molar-refractivity contribution in [2.45, 2.75) is 35.3 Å². The Balaban J connectivity index is 1.42. The molecule has 3 aliphatic rings. The number of amidine groups is 1. The molecule has 7 nitrogen and oxygen atoms in total. The maximum absolute atomic E-state index is 13.3. The standard InChI is InChI=1S/C21H18F3N5O2S/c22-21(23,24)32-15-3-1-14(2-4-15)29-18(30)20(6-7-20)28(19(29)31)12-13-5-8-25-11-16(13)17-26-9-10-27-17/h1-5,8,11H,6-7,9-10,12H2,(H,26,27). The van der Waals surface area contributed by atoms with Crippen LogP contribution in [-0.2, 0) is 11.3 Å². The number of carbonyl (C=O) groups excluding carboxylic acids is 2. The van der Waals surface area contributed by atoms with E-state index in [0.717, 1.165) is 22.6 Å². The van der Waals surface area contributed by atoms with Crippen LogP contribution < -0.4 is 10.2 Å². The zero-order chi connectivity index (χ0) is 22.5. The number of nitrogens with one attached hydrogen (secondary N) is 1. The Hall–Kier alpha value is -3.08. The largest absolute Gasteiger partial charge is 0.446 e. The van der Waals surface area contributed by atoms with E-state index in [4.69, 9.17) is 0 Å². The number of imide groups is 1. The second-order valence-corrected chi connectivity index (χ2v) is 8.91. The Kier molecular flexibility index (Phi) is 4.88. The van der Waals surface area contributed by atoms with E-state index in [1.165, 1.54) is 24.3 Å². The molecule has 1 N–H and O–H groups in total. The first-order valence-electron chi connectivity index (χ1n) is 10.0. The van der Waals surface area contributed by atoms with Crippen LogP contribution in [0.1, 0.15) is 24.0 Å². The van der Waals surface area contributed by atoms with Crippen LogP contribution in [0.5, 0.6) is 0 Å². The van der Waals surface area contributed by atoms with Crippen molar-refractivity contribution in [2.75, 3.05) is 18.0 Å². The molecule has 0 bridgehead atoms. The van der Waals surface area contributed by atoms with Crippen LogP contribution >= 0.6 is 11.8 Å². The Bertz CT molecular complexity index is 1120. The van der Waals surface area contributed by atoms with Gasteiger partial charge in [-0.3, -0.25) is 14.8 Å². The summed E-state index contributed by atoms with van der Waals surface area (Å²) in [6.45, 7) is 1.60. The average Bonchev–Trinajstić information content (AvgIpc) is 3.31. The zero-order valence-electron chi connectivity index (χ0n) is 16.7. The fourth-order valence-corrected chi connectivity index (χ4v) is 4.62. The second-order valence-electron chi connectivity index (χ2n) is 7.77. The molecule has 32 heavy (non-hydrogen) atoms. The molecular weight excluding hydrogens is 443 g/mol. The summed E-state index contributed by atoms with van der Waals surface area (Å²) in [6, 6.07) is 6.60. The number of alkyl halides is 3. The normalized spacial score (nSPS) is 19.5. The number of urea groups is 1. The summed E-state index contributed by atoms with van der Waals surface area (Å²) in [5.41, 5.74) is -3.44. The molecule has 5 rings (SSSR count). The SMILES string of the molecule is O=C1N(c2ccc(SC(F)(F)F)cc2)C(=O)C2(CC2)N1Cc1ccncc1C1=NCCN1. The third kappa shape index (κ3) is 3.60.